The monoisotopic (exact) mass is 190 g/mol. The zero-order valence-electron chi connectivity index (χ0n) is 7.80. The molecule has 0 N–H and O–H groups in total. The van der Waals surface area contributed by atoms with Crippen LogP contribution in [0, 0.1) is 0 Å². The van der Waals surface area contributed by atoms with Gasteiger partial charge in [-0.05, 0) is 13.0 Å². The molecule has 0 aliphatic heterocycles. The van der Waals surface area contributed by atoms with E-state index in [2.05, 4.69) is 5.10 Å². The van der Waals surface area contributed by atoms with Gasteiger partial charge in [0, 0.05) is 18.3 Å². The van der Waals surface area contributed by atoms with Crippen LogP contribution in [0.3, 0.4) is 0 Å². The molecule has 72 valence electrons. The lowest BCUT2D eigenvalue weighted by Gasteiger charge is -1.91. The summed E-state index contributed by atoms with van der Waals surface area (Å²) in [5.41, 5.74) is 2.10. The number of nitrogens with zero attached hydrogens (tertiary/aromatic N) is 2. The minimum Gasteiger partial charge on any atom is -0.472 e. The highest BCUT2D eigenvalue weighted by molar-refractivity contribution is 5.85. The van der Waals surface area contributed by atoms with Crippen molar-refractivity contribution in [2.24, 2.45) is 0 Å². The van der Waals surface area contributed by atoms with Gasteiger partial charge in [-0.15, -0.1) is 0 Å². The molecule has 0 aliphatic carbocycles. The van der Waals surface area contributed by atoms with Gasteiger partial charge in [-0.1, -0.05) is 0 Å². The van der Waals surface area contributed by atoms with Crippen LogP contribution < -0.4 is 0 Å². The number of aryl methyl sites for hydroxylation is 1. The molecule has 0 unspecified atom stereocenters. The molecule has 0 atom stereocenters. The van der Waals surface area contributed by atoms with Crippen molar-refractivity contribution >= 4 is 6.29 Å². The van der Waals surface area contributed by atoms with E-state index in [1.54, 1.807) is 29.5 Å². The second kappa shape index (κ2) is 3.49. The Hall–Kier alpha value is -1.84. The topological polar surface area (TPSA) is 48.0 Å². The second-order valence-electron chi connectivity index (χ2n) is 2.92. The third kappa shape index (κ3) is 1.35. The van der Waals surface area contributed by atoms with Gasteiger partial charge < -0.3 is 4.42 Å². The molecule has 0 saturated heterocycles. The number of aldehydes is 1. The van der Waals surface area contributed by atoms with E-state index in [4.69, 9.17) is 4.42 Å². The van der Waals surface area contributed by atoms with Crippen molar-refractivity contribution in [2.75, 3.05) is 0 Å². The van der Waals surface area contributed by atoms with Crippen LogP contribution in [0.25, 0.3) is 11.3 Å². The first kappa shape index (κ1) is 8.74. The van der Waals surface area contributed by atoms with Gasteiger partial charge in [0.15, 0.2) is 6.29 Å². The Balaban J connectivity index is 2.51. The zero-order chi connectivity index (χ0) is 9.97. The molecule has 4 heteroatoms. The Morgan fingerprint density at radius 3 is 3.07 bits per heavy atom. The van der Waals surface area contributed by atoms with E-state index < -0.39 is 0 Å². The molecular weight excluding hydrogens is 180 g/mol. The molecule has 0 spiro atoms. The van der Waals surface area contributed by atoms with Crippen LogP contribution >= 0.6 is 0 Å². The lowest BCUT2D eigenvalue weighted by atomic mass is 10.2. The Morgan fingerprint density at radius 2 is 2.50 bits per heavy atom. The van der Waals surface area contributed by atoms with Crippen molar-refractivity contribution in [3.05, 3.63) is 30.4 Å². The van der Waals surface area contributed by atoms with Gasteiger partial charge in [-0.25, -0.2) is 0 Å². The number of aromatic nitrogens is 2. The number of rotatable bonds is 3. The summed E-state index contributed by atoms with van der Waals surface area (Å²) >= 11 is 0. The van der Waals surface area contributed by atoms with Crippen LogP contribution in [-0.4, -0.2) is 16.1 Å². The number of carbonyl (C=O) groups is 1. The van der Waals surface area contributed by atoms with Crippen molar-refractivity contribution in [1.82, 2.24) is 9.78 Å². The third-order valence-electron chi connectivity index (χ3n) is 2.04. The molecule has 2 aromatic rings. The molecule has 2 heterocycles. The fourth-order valence-corrected chi connectivity index (χ4v) is 1.31. The van der Waals surface area contributed by atoms with Gasteiger partial charge >= 0.3 is 0 Å². The van der Waals surface area contributed by atoms with Crippen LogP contribution in [0.2, 0.25) is 0 Å². The SMILES string of the molecule is CCn1cc(C=O)c(-c2ccoc2)n1. The molecule has 0 amide bonds. The Labute approximate surface area is 81.1 Å². The molecule has 0 aromatic carbocycles. The maximum Gasteiger partial charge on any atom is 0.153 e. The summed E-state index contributed by atoms with van der Waals surface area (Å²) < 4.78 is 6.67. The normalized spacial score (nSPS) is 10.4. The summed E-state index contributed by atoms with van der Waals surface area (Å²) in [5, 5.41) is 4.27. The van der Waals surface area contributed by atoms with E-state index in [9.17, 15) is 4.79 Å². The first-order chi connectivity index (χ1) is 6.85. The lowest BCUT2D eigenvalue weighted by Crippen LogP contribution is -1.93. The number of hydrogen-bond acceptors (Lipinski definition) is 3. The minimum absolute atomic E-state index is 0.591. The quantitative estimate of drug-likeness (QED) is 0.695. The molecule has 0 saturated carbocycles. The molecule has 2 aromatic heterocycles. The lowest BCUT2D eigenvalue weighted by molar-refractivity contribution is 0.112. The van der Waals surface area contributed by atoms with E-state index in [0.29, 0.717) is 11.3 Å². The number of furan rings is 1. The van der Waals surface area contributed by atoms with Crippen LogP contribution in [0.4, 0.5) is 0 Å². The highest BCUT2D eigenvalue weighted by Crippen LogP contribution is 2.20. The molecule has 2 rings (SSSR count). The molecule has 0 radical (unpaired) electrons. The molecule has 0 fully saturated rings. The van der Waals surface area contributed by atoms with Gasteiger partial charge in [-0.3, -0.25) is 9.48 Å². The Bertz CT molecular complexity index is 429. The summed E-state index contributed by atoms with van der Waals surface area (Å²) in [7, 11) is 0. The van der Waals surface area contributed by atoms with E-state index in [-0.39, 0.29) is 0 Å². The summed E-state index contributed by atoms with van der Waals surface area (Å²) in [6.07, 6.45) is 5.68. The predicted octanol–water partition coefficient (Wildman–Crippen LogP) is 1.98. The van der Waals surface area contributed by atoms with Crippen LogP contribution in [0.15, 0.2) is 29.2 Å². The fourth-order valence-electron chi connectivity index (χ4n) is 1.31. The average molecular weight is 190 g/mol. The number of hydrogen-bond donors (Lipinski definition) is 0. The maximum atomic E-state index is 10.8. The second-order valence-corrected chi connectivity index (χ2v) is 2.92. The minimum atomic E-state index is 0.591. The summed E-state index contributed by atoms with van der Waals surface area (Å²) in [6, 6.07) is 1.79. The van der Waals surface area contributed by atoms with Gasteiger partial charge in [0.05, 0.1) is 18.1 Å². The molecule has 0 bridgehead atoms. The predicted molar refractivity (Wildman–Crippen MR) is 51.0 cm³/mol. The van der Waals surface area contributed by atoms with Gasteiger partial charge in [0.1, 0.15) is 5.69 Å². The van der Waals surface area contributed by atoms with Crippen LogP contribution in [0.1, 0.15) is 17.3 Å². The summed E-state index contributed by atoms with van der Waals surface area (Å²) in [4.78, 5) is 10.8. The van der Waals surface area contributed by atoms with Crippen LogP contribution in [0.5, 0.6) is 0 Å². The van der Waals surface area contributed by atoms with Crippen molar-refractivity contribution in [3.8, 4) is 11.3 Å². The van der Waals surface area contributed by atoms with Crippen molar-refractivity contribution in [2.45, 2.75) is 13.5 Å². The highest BCUT2D eigenvalue weighted by Gasteiger charge is 2.10. The first-order valence-corrected chi connectivity index (χ1v) is 4.40. The summed E-state index contributed by atoms with van der Waals surface area (Å²) in [5.74, 6) is 0. The Morgan fingerprint density at radius 1 is 1.64 bits per heavy atom. The van der Waals surface area contributed by atoms with E-state index in [0.717, 1.165) is 18.4 Å². The van der Waals surface area contributed by atoms with Gasteiger partial charge in [-0.2, -0.15) is 5.10 Å². The van der Waals surface area contributed by atoms with Gasteiger partial charge in [0.2, 0.25) is 0 Å². The van der Waals surface area contributed by atoms with Gasteiger partial charge in [0.25, 0.3) is 0 Å². The molecule has 4 nitrogen and oxygen atoms in total. The third-order valence-corrected chi connectivity index (χ3v) is 2.04. The molecular formula is C10H10N2O2. The summed E-state index contributed by atoms with van der Waals surface area (Å²) in [6.45, 7) is 2.72. The average Bonchev–Trinajstić information content (AvgIpc) is 2.85. The largest absolute Gasteiger partial charge is 0.472 e. The van der Waals surface area contributed by atoms with E-state index >= 15 is 0 Å². The van der Waals surface area contributed by atoms with E-state index in [1.807, 2.05) is 6.92 Å². The Kier molecular flexibility index (Phi) is 2.18. The zero-order valence-corrected chi connectivity index (χ0v) is 7.80. The maximum absolute atomic E-state index is 10.8. The van der Waals surface area contributed by atoms with Crippen LogP contribution in [-0.2, 0) is 6.54 Å². The fraction of sp³-hybridized carbons (Fsp3) is 0.200. The standard InChI is InChI=1S/C10H10N2O2/c1-2-12-5-9(6-13)10(11-12)8-3-4-14-7-8/h3-7H,2H2,1H3. The highest BCUT2D eigenvalue weighted by atomic mass is 16.3. The van der Waals surface area contributed by atoms with Crippen molar-refractivity contribution in [3.63, 3.8) is 0 Å². The smallest absolute Gasteiger partial charge is 0.153 e. The molecule has 14 heavy (non-hydrogen) atoms. The first-order valence-electron chi connectivity index (χ1n) is 4.40. The van der Waals surface area contributed by atoms with E-state index in [1.165, 1.54) is 0 Å². The number of carbonyl (C=O) groups excluding carboxylic acids is 1. The van der Waals surface area contributed by atoms with Crippen molar-refractivity contribution in [1.29, 1.82) is 0 Å². The van der Waals surface area contributed by atoms with Crippen molar-refractivity contribution < 1.29 is 9.21 Å². The molecule has 0 aliphatic rings.